The van der Waals surface area contributed by atoms with Crippen molar-refractivity contribution in [2.45, 2.75) is 63.9 Å². The maximum Gasteiger partial charge on any atom is 0.242 e. The fraction of sp³-hybridized carbons (Fsp3) is 0.440. The van der Waals surface area contributed by atoms with Crippen LogP contribution in [0.1, 0.15) is 49.3 Å². The molecule has 6 heteroatoms. The number of aryl methyl sites for hydroxylation is 1. The van der Waals surface area contributed by atoms with Crippen LogP contribution in [-0.2, 0) is 21.9 Å². The Morgan fingerprint density at radius 1 is 1.10 bits per heavy atom. The summed E-state index contributed by atoms with van der Waals surface area (Å²) in [5.41, 5.74) is 3.30. The van der Waals surface area contributed by atoms with Crippen LogP contribution in [0.25, 0.3) is 0 Å². The van der Waals surface area contributed by atoms with Gasteiger partial charge in [-0.2, -0.15) is 0 Å². The van der Waals surface area contributed by atoms with Gasteiger partial charge < -0.3 is 10.2 Å². The lowest BCUT2D eigenvalue weighted by molar-refractivity contribution is -0.138. The first-order chi connectivity index (χ1) is 15.0. The van der Waals surface area contributed by atoms with Gasteiger partial charge in [-0.25, -0.2) is 0 Å². The van der Waals surface area contributed by atoms with E-state index in [0.29, 0.717) is 17.3 Å². The minimum Gasteiger partial charge on any atom is -0.352 e. The van der Waals surface area contributed by atoms with Gasteiger partial charge in [-0.05, 0) is 49.4 Å². The second kappa shape index (κ2) is 11.6. The maximum atomic E-state index is 13.2. The van der Waals surface area contributed by atoms with E-state index >= 15 is 0 Å². The molecule has 0 aliphatic heterocycles. The average molecular weight is 459 g/mol. The number of amides is 2. The van der Waals surface area contributed by atoms with Crippen molar-refractivity contribution in [2.24, 2.45) is 0 Å². The molecule has 0 saturated heterocycles. The number of hydrogen-bond acceptors (Lipinski definition) is 3. The molecule has 31 heavy (non-hydrogen) atoms. The highest BCUT2D eigenvalue weighted by Gasteiger charge is 2.28. The first-order valence-electron chi connectivity index (χ1n) is 10.9. The van der Waals surface area contributed by atoms with Gasteiger partial charge in [0.05, 0.1) is 5.75 Å². The summed E-state index contributed by atoms with van der Waals surface area (Å²) >= 11 is 7.93. The van der Waals surface area contributed by atoms with Crippen molar-refractivity contribution in [1.82, 2.24) is 10.2 Å². The van der Waals surface area contributed by atoms with Crippen molar-refractivity contribution in [3.63, 3.8) is 0 Å². The van der Waals surface area contributed by atoms with Crippen molar-refractivity contribution in [2.75, 3.05) is 5.75 Å². The molecular formula is C25H31ClN2O2S. The van der Waals surface area contributed by atoms with E-state index in [1.165, 1.54) is 11.1 Å². The molecule has 1 N–H and O–H groups in total. The monoisotopic (exact) mass is 458 g/mol. The molecule has 1 fully saturated rings. The Balaban J connectivity index is 1.67. The number of halogens is 1. The molecule has 166 valence electrons. The minimum atomic E-state index is -0.552. The van der Waals surface area contributed by atoms with E-state index in [-0.39, 0.29) is 17.9 Å². The van der Waals surface area contributed by atoms with Gasteiger partial charge in [-0.15, -0.1) is 11.8 Å². The zero-order valence-electron chi connectivity index (χ0n) is 18.3. The summed E-state index contributed by atoms with van der Waals surface area (Å²) < 4.78 is 0. The molecule has 0 aromatic heterocycles. The Bertz CT molecular complexity index is 899. The fourth-order valence-corrected chi connectivity index (χ4v) is 5.07. The van der Waals surface area contributed by atoms with Crippen molar-refractivity contribution in [3.05, 3.63) is 70.2 Å². The minimum absolute atomic E-state index is 0.0485. The summed E-state index contributed by atoms with van der Waals surface area (Å²) in [7, 11) is 0. The van der Waals surface area contributed by atoms with E-state index in [4.69, 9.17) is 11.6 Å². The zero-order valence-corrected chi connectivity index (χ0v) is 19.8. The fourth-order valence-electron chi connectivity index (χ4n) is 3.89. The quantitative estimate of drug-likeness (QED) is 0.550. The largest absolute Gasteiger partial charge is 0.352 e. The van der Waals surface area contributed by atoms with Crippen LogP contribution in [0.2, 0.25) is 5.02 Å². The van der Waals surface area contributed by atoms with Gasteiger partial charge in [0.25, 0.3) is 0 Å². The van der Waals surface area contributed by atoms with E-state index in [1.54, 1.807) is 16.7 Å². The van der Waals surface area contributed by atoms with Gasteiger partial charge >= 0.3 is 0 Å². The highest BCUT2D eigenvalue weighted by molar-refractivity contribution is 7.99. The van der Waals surface area contributed by atoms with Gasteiger partial charge in [0.2, 0.25) is 11.8 Å². The summed E-state index contributed by atoms with van der Waals surface area (Å²) in [5, 5.41) is 3.74. The third-order valence-electron chi connectivity index (χ3n) is 5.91. The predicted octanol–water partition coefficient (Wildman–Crippen LogP) is 5.36. The molecule has 4 nitrogen and oxygen atoms in total. The molecule has 3 rings (SSSR count). The lowest BCUT2D eigenvalue weighted by atomic mass is 10.1. The molecule has 1 aliphatic rings. The first-order valence-corrected chi connectivity index (χ1v) is 12.4. The lowest BCUT2D eigenvalue weighted by Gasteiger charge is -2.30. The van der Waals surface area contributed by atoms with Crippen LogP contribution < -0.4 is 5.32 Å². The molecule has 2 aromatic carbocycles. The van der Waals surface area contributed by atoms with Crippen LogP contribution in [0.4, 0.5) is 0 Å². The Labute approximate surface area is 194 Å². The number of carbonyl (C=O) groups is 2. The second-order valence-electron chi connectivity index (χ2n) is 8.20. The van der Waals surface area contributed by atoms with Crippen molar-refractivity contribution in [3.8, 4) is 0 Å². The van der Waals surface area contributed by atoms with E-state index in [2.05, 4.69) is 24.4 Å². The standard InChI is InChI=1S/C25H31ClN2O2S/c1-18-9-3-4-11-21(18)16-31-17-24(29)28(15-20-10-5-8-14-23(20)26)19(2)25(30)27-22-12-6-7-13-22/h3-5,8-11,14,19,22H,6-7,12-13,15-17H2,1-2H3,(H,27,30)/t19-/m1/s1. The highest BCUT2D eigenvalue weighted by atomic mass is 35.5. The molecule has 0 radical (unpaired) electrons. The van der Waals surface area contributed by atoms with Crippen LogP contribution in [0.5, 0.6) is 0 Å². The molecular weight excluding hydrogens is 428 g/mol. The third kappa shape index (κ3) is 6.75. The number of thioether (sulfide) groups is 1. The number of carbonyl (C=O) groups excluding carboxylic acids is 2. The Morgan fingerprint density at radius 3 is 2.42 bits per heavy atom. The lowest BCUT2D eigenvalue weighted by Crippen LogP contribution is -2.50. The van der Waals surface area contributed by atoms with Gasteiger partial charge in [-0.1, -0.05) is 66.9 Å². The van der Waals surface area contributed by atoms with Gasteiger partial charge in [0.1, 0.15) is 6.04 Å². The molecule has 0 spiro atoms. The van der Waals surface area contributed by atoms with Crippen molar-refractivity contribution >= 4 is 35.2 Å². The Kier molecular flexibility index (Phi) is 8.85. The van der Waals surface area contributed by atoms with Gasteiger partial charge in [-0.3, -0.25) is 9.59 Å². The van der Waals surface area contributed by atoms with E-state index in [9.17, 15) is 9.59 Å². The molecule has 0 heterocycles. The number of nitrogens with one attached hydrogen (secondary N) is 1. The summed E-state index contributed by atoms with van der Waals surface area (Å²) in [4.78, 5) is 27.8. The smallest absolute Gasteiger partial charge is 0.242 e. The zero-order chi connectivity index (χ0) is 22.2. The van der Waals surface area contributed by atoms with Crippen LogP contribution in [0.15, 0.2) is 48.5 Å². The molecule has 0 bridgehead atoms. The summed E-state index contributed by atoms with van der Waals surface area (Å²) in [6.07, 6.45) is 4.33. The number of nitrogens with zero attached hydrogens (tertiary/aromatic N) is 1. The molecule has 0 unspecified atom stereocenters. The SMILES string of the molecule is Cc1ccccc1CSCC(=O)N(Cc1ccccc1Cl)[C@H](C)C(=O)NC1CCCC1. The Hall–Kier alpha value is -1.98. The van der Waals surface area contributed by atoms with Crippen LogP contribution >= 0.6 is 23.4 Å². The predicted molar refractivity (Wildman–Crippen MR) is 129 cm³/mol. The maximum absolute atomic E-state index is 13.2. The van der Waals surface area contributed by atoms with E-state index in [0.717, 1.165) is 37.0 Å². The summed E-state index contributed by atoms with van der Waals surface area (Å²) in [6, 6.07) is 15.4. The van der Waals surface area contributed by atoms with Crippen molar-refractivity contribution < 1.29 is 9.59 Å². The molecule has 2 amide bonds. The summed E-state index contributed by atoms with van der Waals surface area (Å²) in [6.45, 7) is 4.21. The molecule has 1 saturated carbocycles. The molecule has 1 atom stereocenters. The summed E-state index contributed by atoms with van der Waals surface area (Å²) in [5.74, 6) is 0.949. The first kappa shape index (κ1) is 23.7. The number of hydrogen-bond donors (Lipinski definition) is 1. The van der Waals surface area contributed by atoms with Crippen LogP contribution in [-0.4, -0.2) is 34.6 Å². The molecule has 1 aliphatic carbocycles. The van der Waals surface area contributed by atoms with E-state index in [1.807, 2.05) is 43.3 Å². The normalized spacial score (nSPS) is 14.9. The van der Waals surface area contributed by atoms with Crippen LogP contribution in [0, 0.1) is 6.92 Å². The van der Waals surface area contributed by atoms with Crippen molar-refractivity contribution in [1.29, 1.82) is 0 Å². The van der Waals surface area contributed by atoms with Gasteiger partial charge in [0.15, 0.2) is 0 Å². The van der Waals surface area contributed by atoms with Gasteiger partial charge in [0, 0.05) is 23.4 Å². The van der Waals surface area contributed by atoms with E-state index < -0.39 is 6.04 Å². The highest BCUT2D eigenvalue weighted by Crippen LogP contribution is 2.22. The molecule has 2 aromatic rings. The second-order valence-corrected chi connectivity index (χ2v) is 9.59. The number of rotatable bonds is 9. The number of benzene rings is 2. The topological polar surface area (TPSA) is 49.4 Å². The Morgan fingerprint density at radius 2 is 1.74 bits per heavy atom. The average Bonchev–Trinajstić information content (AvgIpc) is 3.27. The third-order valence-corrected chi connectivity index (χ3v) is 7.25. The van der Waals surface area contributed by atoms with Crippen LogP contribution in [0.3, 0.4) is 0 Å².